The molecule has 2 aliphatic heterocycles. The van der Waals surface area contributed by atoms with Gasteiger partial charge in [0, 0.05) is 30.3 Å². The molecule has 0 spiro atoms. The van der Waals surface area contributed by atoms with Crippen molar-refractivity contribution < 1.29 is 29.4 Å². The van der Waals surface area contributed by atoms with Gasteiger partial charge in [0.1, 0.15) is 11.2 Å². The van der Waals surface area contributed by atoms with Crippen molar-refractivity contribution in [3.63, 3.8) is 0 Å². The Bertz CT molecular complexity index is 820. The quantitative estimate of drug-likeness (QED) is 0.334. The monoisotopic (exact) mass is 528 g/mol. The van der Waals surface area contributed by atoms with Gasteiger partial charge in [0.25, 0.3) is 0 Å². The van der Waals surface area contributed by atoms with Crippen molar-refractivity contribution in [3.8, 4) is 0 Å². The van der Waals surface area contributed by atoms with Gasteiger partial charge in [-0.25, -0.2) is 0 Å². The van der Waals surface area contributed by atoms with E-state index < -0.39 is 37.8 Å². The van der Waals surface area contributed by atoms with Crippen molar-refractivity contribution in [2.24, 2.45) is 34.0 Å². The van der Waals surface area contributed by atoms with Gasteiger partial charge in [0.15, 0.2) is 20.5 Å². The largest absolute Gasteiger partial charge is 0.416 e. The van der Waals surface area contributed by atoms with Crippen LogP contribution in [0.4, 0.5) is 0 Å². The smallest absolute Gasteiger partial charge is 0.192 e. The van der Waals surface area contributed by atoms with Gasteiger partial charge >= 0.3 is 0 Å². The second kappa shape index (κ2) is 11.0. The number of nitrogens with zero attached hydrogens (tertiary/aromatic N) is 2. The third-order valence-corrected chi connectivity index (χ3v) is 13.4. The van der Waals surface area contributed by atoms with Gasteiger partial charge in [0.05, 0.1) is 17.5 Å². The Balaban J connectivity index is 2.02. The van der Waals surface area contributed by atoms with E-state index in [0.717, 1.165) is 11.4 Å². The Kier molecular flexibility index (Phi) is 9.54. The molecule has 0 unspecified atom stereocenters. The van der Waals surface area contributed by atoms with Crippen molar-refractivity contribution in [2.45, 2.75) is 130 Å². The van der Waals surface area contributed by atoms with Crippen LogP contribution in [-0.2, 0) is 14.1 Å². The molecule has 0 saturated carbocycles. The zero-order chi connectivity index (χ0) is 27.9. The van der Waals surface area contributed by atoms with Crippen LogP contribution in [0, 0.1) is 23.7 Å². The second-order valence-electron chi connectivity index (χ2n) is 13.2. The first-order valence-electron chi connectivity index (χ1n) is 13.5. The van der Waals surface area contributed by atoms with E-state index in [1.165, 1.54) is 0 Å². The highest BCUT2D eigenvalue weighted by Crippen LogP contribution is 2.40. The molecular weight excluding hydrogens is 476 g/mol. The summed E-state index contributed by atoms with van der Waals surface area (Å²) in [5, 5.41) is 41.5. The lowest BCUT2D eigenvalue weighted by atomic mass is 9.75. The lowest BCUT2D eigenvalue weighted by molar-refractivity contribution is -0.156. The predicted molar refractivity (Wildman–Crippen MR) is 147 cm³/mol. The third kappa shape index (κ3) is 6.34. The van der Waals surface area contributed by atoms with E-state index in [-0.39, 0.29) is 28.7 Å². The predicted octanol–water partition coefficient (Wildman–Crippen LogP) is 4.73. The van der Waals surface area contributed by atoms with Crippen LogP contribution in [0.5, 0.6) is 0 Å². The van der Waals surface area contributed by atoms with Crippen LogP contribution in [0.25, 0.3) is 0 Å². The molecule has 0 radical (unpaired) electrons. The molecule has 0 aromatic heterocycles. The minimum absolute atomic E-state index is 0.0578. The number of oxime groups is 2. The fourth-order valence-electron chi connectivity index (χ4n) is 5.32. The molecule has 0 aromatic rings. The van der Waals surface area contributed by atoms with E-state index in [1.807, 2.05) is 20.8 Å². The fourth-order valence-corrected chi connectivity index (χ4v) is 6.42. The summed E-state index contributed by atoms with van der Waals surface area (Å²) in [5.74, 6) is -0.285. The highest BCUT2D eigenvalue weighted by molar-refractivity contribution is 6.74. The molecule has 36 heavy (non-hydrogen) atoms. The Morgan fingerprint density at radius 2 is 1.39 bits per heavy atom. The number of aliphatic hydroxyl groups is 3. The average Bonchev–Trinajstić information content (AvgIpc) is 3.33. The topological polar surface area (TPSA) is 113 Å². The fraction of sp³-hybridized carbons (Fsp3) is 0.926. The van der Waals surface area contributed by atoms with Crippen LogP contribution in [0.15, 0.2) is 10.3 Å². The first-order valence-corrected chi connectivity index (χ1v) is 16.4. The summed E-state index contributed by atoms with van der Waals surface area (Å²) in [6, 6.07) is 0. The molecule has 9 atom stereocenters. The second-order valence-corrected chi connectivity index (χ2v) is 18.1. The summed E-state index contributed by atoms with van der Waals surface area (Å²) < 4.78 is 6.42. The molecule has 0 saturated heterocycles. The van der Waals surface area contributed by atoms with Crippen LogP contribution < -0.4 is 0 Å². The summed E-state index contributed by atoms with van der Waals surface area (Å²) in [5.41, 5.74) is -0.885. The van der Waals surface area contributed by atoms with Crippen molar-refractivity contribution in [3.05, 3.63) is 0 Å². The van der Waals surface area contributed by atoms with Crippen LogP contribution in [0.2, 0.25) is 18.1 Å². The van der Waals surface area contributed by atoms with Gasteiger partial charge in [-0.15, -0.1) is 0 Å². The summed E-state index contributed by atoms with van der Waals surface area (Å²) in [7, 11) is -1.87. The summed E-state index contributed by atoms with van der Waals surface area (Å²) >= 11 is 0. The van der Waals surface area contributed by atoms with Crippen LogP contribution in [0.3, 0.4) is 0 Å². The minimum atomic E-state index is -1.87. The van der Waals surface area contributed by atoms with E-state index in [2.05, 4.69) is 58.0 Å². The average molecular weight is 529 g/mol. The van der Waals surface area contributed by atoms with Crippen LogP contribution in [-0.4, -0.2) is 71.2 Å². The van der Waals surface area contributed by atoms with Crippen molar-refractivity contribution >= 4 is 19.7 Å². The number of rotatable bonds is 11. The SMILES string of the molecule is CC[C@H](O)[C@](C)(O)[C@H]1ON=C([C@@H](C)C[C@](C)(O)[C@H]2ON=C([C@H](C)CO[Si](C)(C)C(C)(C)C)[C@H]2C)[C@H]1C. The first kappa shape index (κ1) is 31.2. The molecule has 2 heterocycles. The molecule has 0 aromatic carbocycles. The van der Waals surface area contributed by atoms with Gasteiger partial charge in [-0.1, -0.05) is 65.7 Å². The molecule has 8 nitrogen and oxygen atoms in total. The van der Waals surface area contributed by atoms with Crippen molar-refractivity contribution in [2.75, 3.05) is 6.61 Å². The Morgan fingerprint density at radius 1 is 0.917 bits per heavy atom. The van der Waals surface area contributed by atoms with Gasteiger partial charge in [-0.3, -0.25) is 0 Å². The maximum absolute atomic E-state index is 11.5. The molecule has 0 amide bonds. The molecule has 9 heteroatoms. The normalized spacial score (nSPS) is 30.9. The maximum atomic E-state index is 11.5. The Morgan fingerprint density at radius 3 is 1.89 bits per heavy atom. The van der Waals surface area contributed by atoms with E-state index in [0.29, 0.717) is 19.4 Å². The first-order chi connectivity index (χ1) is 16.3. The summed E-state index contributed by atoms with van der Waals surface area (Å²) in [4.78, 5) is 11.4. The van der Waals surface area contributed by atoms with Gasteiger partial charge in [-0.05, 0) is 44.8 Å². The van der Waals surface area contributed by atoms with E-state index in [4.69, 9.17) is 14.1 Å². The van der Waals surface area contributed by atoms with Crippen molar-refractivity contribution in [1.82, 2.24) is 0 Å². The third-order valence-electron chi connectivity index (χ3n) is 8.86. The molecule has 210 valence electrons. The van der Waals surface area contributed by atoms with Gasteiger partial charge in [0.2, 0.25) is 0 Å². The molecule has 2 rings (SSSR count). The molecule has 2 aliphatic rings. The zero-order valence-corrected chi connectivity index (χ0v) is 25.6. The summed E-state index contributed by atoms with van der Waals surface area (Å²) in [6.07, 6.45) is -1.23. The number of aliphatic hydroxyl groups excluding tert-OH is 1. The van der Waals surface area contributed by atoms with Crippen LogP contribution >= 0.6 is 0 Å². The van der Waals surface area contributed by atoms with E-state index in [1.54, 1.807) is 13.8 Å². The maximum Gasteiger partial charge on any atom is 0.192 e. The Labute approximate surface area is 219 Å². The molecule has 0 fully saturated rings. The standard InChI is InChI=1S/C27H52N2O6Si/c1-13-20(30)27(10,32)24-19(5)21(28-35-24)16(2)14-26(9,31)23-18(4)22(29-34-23)17(3)15-33-36(11,12)25(6,7)8/h16-20,23-24,30-32H,13-15H2,1-12H3/t16-,17+,18+,19+,20-,23-,24-,26-,27-/m0/s1. The van der Waals surface area contributed by atoms with E-state index >= 15 is 0 Å². The number of hydrogen-bond acceptors (Lipinski definition) is 8. The zero-order valence-electron chi connectivity index (χ0n) is 24.6. The molecular formula is C27H52N2O6Si. The number of hydrogen-bond donors (Lipinski definition) is 3. The van der Waals surface area contributed by atoms with Crippen molar-refractivity contribution in [1.29, 1.82) is 0 Å². The molecule has 3 N–H and O–H groups in total. The molecule has 0 bridgehead atoms. The summed E-state index contributed by atoms with van der Waals surface area (Å²) in [6.45, 7) is 25.1. The van der Waals surface area contributed by atoms with E-state index in [9.17, 15) is 15.3 Å². The highest BCUT2D eigenvalue weighted by atomic mass is 28.4. The van der Waals surface area contributed by atoms with Gasteiger partial charge < -0.3 is 29.4 Å². The van der Waals surface area contributed by atoms with Crippen LogP contribution in [0.1, 0.15) is 82.1 Å². The highest BCUT2D eigenvalue weighted by Gasteiger charge is 2.51. The molecule has 0 aliphatic carbocycles. The lowest BCUT2D eigenvalue weighted by Crippen LogP contribution is -2.53. The minimum Gasteiger partial charge on any atom is -0.416 e. The lowest BCUT2D eigenvalue weighted by Gasteiger charge is -2.37. The van der Waals surface area contributed by atoms with Gasteiger partial charge in [-0.2, -0.15) is 0 Å². The Hall–Kier alpha value is -1.00.